The molecular weight excluding hydrogens is 176 g/mol. The van der Waals surface area contributed by atoms with Gasteiger partial charge in [0, 0.05) is 0 Å². The molecule has 0 atom stereocenters. The van der Waals surface area contributed by atoms with Crippen LogP contribution in [-0.2, 0) is 9.47 Å². The largest absolute Gasteiger partial charge is 0.366 e. The average molecular weight is 194 g/mol. The summed E-state index contributed by atoms with van der Waals surface area (Å²) in [5.41, 5.74) is 0. The molecule has 0 radical (unpaired) electrons. The summed E-state index contributed by atoms with van der Waals surface area (Å²) in [4.78, 5) is 0. The maximum absolute atomic E-state index is 5.21. The van der Waals surface area contributed by atoms with Crippen LogP contribution in [0.15, 0.2) is 0 Å². The minimum absolute atomic E-state index is 0.224. The summed E-state index contributed by atoms with van der Waals surface area (Å²) in [7, 11) is 0. The van der Waals surface area contributed by atoms with E-state index in [0.29, 0.717) is 13.2 Å². The van der Waals surface area contributed by atoms with Crippen molar-refractivity contribution in [1.29, 1.82) is 0 Å². The average Bonchev–Trinajstić information content (AvgIpc) is 2.08. The molecule has 0 aliphatic carbocycles. The maximum Gasteiger partial charge on any atom is 0.109 e. The first-order valence-electron chi connectivity index (χ1n) is 4.82. The first-order valence-corrected chi connectivity index (χ1v) is 4.82. The highest BCUT2D eigenvalue weighted by molar-refractivity contribution is 5.26. The number of rotatable bonds is 4. The molecule has 0 aromatic heterocycles. The second-order valence-electron chi connectivity index (χ2n) is 3.32. The van der Waals surface area contributed by atoms with Crippen LogP contribution in [0.3, 0.4) is 0 Å². The van der Waals surface area contributed by atoms with E-state index in [4.69, 9.17) is 9.47 Å². The Morgan fingerprint density at radius 2 is 1.14 bits per heavy atom. The molecule has 0 spiro atoms. The number of hydrogen-bond acceptors (Lipinski definition) is 2. The van der Waals surface area contributed by atoms with Crippen molar-refractivity contribution < 1.29 is 9.47 Å². The summed E-state index contributed by atoms with van der Waals surface area (Å²) in [5, 5.41) is 0. The monoisotopic (exact) mass is 194 g/mol. The Morgan fingerprint density at radius 3 is 1.43 bits per heavy atom. The molecule has 0 amide bonds. The number of hydrogen-bond donors (Lipinski definition) is 0. The lowest BCUT2D eigenvalue weighted by Crippen LogP contribution is -2.02. The van der Waals surface area contributed by atoms with Crippen LogP contribution in [0.5, 0.6) is 0 Å². The van der Waals surface area contributed by atoms with Crippen LogP contribution in [0.2, 0.25) is 0 Å². The van der Waals surface area contributed by atoms with Gasteiger partial charge in [0.2, 0.25) is 0 Å². The van der Waals surface area contributed by atoms with Crippen molar-refractivity contribution in [3.05, 3.63) is 0 Å². The zero-order chi connectivity index (χ0) is 10.8. The molecule has 78 valence electrons. The lowest BCUT2D eigenvalue weighted by atomic mass is 10.5. The third-order valence-electron chi connectivity index (χ3n) is 1.22. The second-order valence-corrected chi connectivity index (χ2v) is 3.32. The third-order valence-corrected chi connectivity index (χ3v) is 1.22. The van der Waals surface area contributed by atoms with Gasteiger partial charge in [-0.05, 0) is 39.5 Å². The van der Waals surface area contributed by atoms with Crippen LogP contribution < -0.4 is 0 Å². The van der Waals surface area contributed by atoms with Crippen molar-refractivity contribution in [2.75, 3.05) is 13.2 Å². The standard InChI is InChI=1S/C12H18O2/c1-11(2)13-9-7-5-6-8-10-14-12(3)4/h11-12H,9-10H2,1-4H3. The quantitative estimate of drug-likeness (QED) is 0.636. The van der Waals surface area contributed by atoms with Gasteiger partial charge in [0.15, 0.2) is 0 Å². The fourth-order valence-corrected chi connectivity index (χ4v) is 0.577. The van der Waals surface area contributed by atoms with E-state index in [1.807, 2.05) is 27.7 Å². The first-order chi connectivity index (χ1) is 6.63. The fraction of sp³-hybridized carbons (Fsp3) is 0.667. The van der Waals surface area contributed by atoms with E-state index in [1.165, 1.54) is 0 Å². The normalized spacial score (nSPS) is 9.29. The predicted molar refractivity (Wildman–Crippen MR) is 57.7 cm³/mol. The van der Waals surface area contributed by atoms with E-state index in [-0.39, 0.29) is 12.2 Å². The van der Waals surface area contributed by atoms with Gasteiger partial charge in [-0.15, -0.1) is 0 Å². The summed E-state index contributed by atoms with van der Waals surface area (Å²) in [6.07, 6.45) is 0.447. The maximum atomic E-state index is 5.21. The summed E-state index contributed by atoms with van der Waals surface area (Å²) >= 11 is 0. The van der Waals surface area contributed by atoms with Crippen molar-refractivity contribution in [3.63, 3.8) is 0 Å². The van der Waals surface area contributed by atoms with E-state index in [0.717, 1.165) is 0 Å². The van der Waals surface area contributed by atoms with Crippen molar-refractivity contribution in [3.8, 4) is 23.7 Å². The highest BCUT2D eigenvalue weighted by atomic mass is 16.5. The molecule has 0 bridgehead atoms. The van der Waals surface area contributed by atoms with Gasteiger partial charge in [0.1, 0.15) is 13.2 Å². The van der Waals surface area contributed by atoms with Gasteiger partial charge in [0.05, 0.1) is 12.2 Å². The fourth-order valence-electron chi connectivity index (χ4n) is 0.577. The molecule has 0 rings (SSSR count). The third kappa shape index (κ3) is 11.0. The van der Waals surface area contributed by atoms with Crippen LogP contribution >= 0.6 is 0 Å². The molecule has 0 aromatic rings. The van der Waals surface area contributed by atoms with Gasteiger partial charge in [-0.3, -0.25) is 0 Å². The summed E-state index contributed by atoms with van der Waals surface area (Å²) < 4.78 is 10.4. The zero-order valence-electron chi connectivity index (χ0n) is 9.39. The Labute approximate surface area is 87.0 Å². The van der Waals surface area contributed by atoms with Crippen molar-refractivity contribution in [1.82, 2.24) is 0 Å². The van der Waals surface area contributed by atoms with Gasteiger partial charge < -0.3 is 9.47 Å². The van der Waals surface area contributed by atoms with Crippen molar-refractivity contribution in [2.24, 2.45) is 0 Å². The smallest absolute Gasteiger partial charge is 0.109 e. The Morgan fingerprint density at radius 1 is 0.786 bits per heavy atom. The molecule has 2 nitrogen and oxygen atoms in total. The van der Waals surface area contributed by atoms with Gasteiger partial charge in [-0.2, -0.15) is 0 Å². The summed E-state index contributed by atoms with van der Waals surface area (Å²) in [6, 6.07) is 0. The topological polar surface area (TPSA) is 18.5 Å². The van der Waals surface area contributed by atoms with E-state index < -0.39 is 0 Å². The molecule has 2 heteroatoms. The highest BCUT2D eigenvalue weighted by Gasteiger charge is 1.87. The van der Waals surface area contributed by atoms with E-state index in [9.17, 15) is 0 Å². The molecule has 0 N–H and O–H groups in total. The van der Waals surface area contributed by atoms with Crippen LogP contribution in [0, 0.1) is 23.7 Å². The number of ether oxygens (including phenoxy) is 2. The van der Waals surface area contributed by atoms with Crippen molar-refractivity contribution >= 4 is 0 Å². The molecule has 0 heterocycles. The molecule has 14 heavy (non-hydrogen) atoms. The molecule has 0 aromatic carbocycles. The molecular formula is C12H18O2. The molecule has 0 aliphatic rings. The van der Waals surface area contributed by atoms with Gasteiger partial charge >= 0.3 is 0 Å². The van der Waals surface area contributed by atoms with Gasteiger partial charge in [-0.1, -0.05) is 11.8 Å². The Bertz CT molecular complexity index is 217. The van der Waals surface area contributed by atoms with E-state index >= 15 is 0 Å². The predicted octanol–water partition coefficient (Wildman–Crippen LogP) is 1.84. The minimum atomic E-state index is 0.224. The van der Waals surface area contributed by atoms with Crippen LogP contribution in [-0.4, -0.2) is 25.4 Å². The molecule has 0 aliphatic heterocycles. The van der Waals surface area contributed by atoms with E-state index in [1.54, 1.807) is 0 Å². The lowest BCUT2D eigenvalue weighted by molar-refractivity contribution is 0.106. The second kappa shape index (κ2) is 8.63. The molecule has 0 fully saturated rings. The van der Waals surface area contributed by atoms with Crippen LogP contribution in [0.4, 0.5) is 0 Å². The lowest BCUT2D eigenvalue weighted by Gasteiger charge is -2.00. The van der Waals surface area contributed by atoms with Gasteiger partial charge in [0.25, 0.3) is 0 Å². The van der Waals surface area contributed by atoms with Crippen LogP contribution in [0.25, 0.3) is 0 Å². The Hall–Kier alpha value is -0.960. The minimum Gasteiger partial charge on any atom is -0.366 e. The zero-order valence-corrected chi connectivity index (χ0v) is 9.39. The SMILES string of the molecule is CC(C)OCC#CC#CCOC(C)C. The Kier molecular flexibility index (Phi) is 8.04. The first kappa shape index (κ1) is 13.0. The van der Waals surface area contributed by atoms with E-state index in [2.05, 4.69) is 23.7 Å². The van der Waals surface area contributed by atoms with Crippen molar-refractivity contribution in [2.45, 2.75) is 39.9 Å². The Balaban J connectivity index is 3.48. The highest BCUT2D eigenvalue weighted by Crippen LogP contribution is 1.85. The summed E-state index contributed by atoms with van der Waals surface area (Å²) in [5.74, 6) is 11.0. The molecule has 0 unspecified atom stereocenters. The summed E-state index contributed by atoms with van der Waals surface area (Å²) in [6.45, 7) is 8.79. The molecule has 0 saturated heterocycles. The van der Waals surface area contributed by atoms with Gasteiger partial charge in [-0.25, -0.2) is 0 Å². The molecule has 0 saturated carbocycles. The van der Waals surface area contributed by atoms with Crippen LogP contribution in [0.1, 0.15) is 27.7 Å².